The number of nitrogens with one attached hydrogen (secondary N) is 1. The number of aryl methyl sites for hydroxylation is 1. The summed E-state index contributed by atoms with van der Waals surface area (Å²) in [4.78, 5) is 41.0. The predicted molar refractivity (Wildman–Crippen MR) is 126 cm³/mol. The average Bonchev–Trinajstić information content (AvgIpc) is 3.10. The van der Waals surface area contributed by atoms with Gasteiger partial charge in [0.2, 0.25) is 5.91 Å². The normalized spacial score (nSPS) is 13.9. The molecule has 1 aliphatic rings. The Kier molecular flexibility index (Phi) is 6.79. The Morgan fingerprint density at radius 2 is 1.85 bits per heavy atom. The Bertz CT molecular complexity index is 1210. The first kappa shape index (κ1) is 22.2. The summed E-state index contributed by atoms with van der Waals surface area (Å²) in [5, 5.41) is 8.98. The van der Waals surface area contributed by atoms with Crippen LogP contribution in [-0.4, -0.2) is 51.9 Å². The van der Waals surface area contributed by atoms with E-state index in [0.29, 0.717) is 42.2 Å². The van der Waals surface area contributed by atoms with Crippen molar-refractivity contribution < 1.29 is 4.79 Å². The van der Waals surface area contributed by atoms with Gasteiger partial charge in [-0.1, -0.05) is 0 Å². The molecule has 0 bridgehead atoms. The minimum atomic E-state index is -0.204. The molecule has 1 aromatic carbocycles. The summed E-state index contributed by atoms with van der Waals surface area (Å²) in [5.41, 5.74) is 3.48. The lowest BCUT2D eigenvalue weighted by Crippen LogP contribution is -2.35. The molecule has 0 atom stereocenters. The summed E-state index contributed by atoms with van der Waals surface area (Å²) in [6.07, 6.45) is 4.81. The van der Waals surface area contributed by atoms with Gasteiger partial charge in [0.25, 0.3) is 5.56 Å². The number of hydrogen-bond acceptors (Lipinski definition) is 6. The number of amides is 1. The number of rotatable bonds is 5. The fraction of sp³-hybridized carbons (Fsp3) is 0.320. The Morgan fingerprint density at radius 3 is 2.55 bits per heavy atom. The fourth-order valence-electron chi connectivity index (χ4n) is 4.11. The molecular weight excluding hydrogens is 416 g/mol. The third-order valence-electron chi connectivity index (χ3n) is 5.98. The van der Waals surface area contributed by atoms with Crippen molar-refractivity contribution >= 4 is 11.6 Å². The molecule has 33 heavy (non-hydrogen) atoms. The van der Waals surface area contributed by atoms with E-state index >= 15 is 0 Å². The molecule has 1 aliphatic heterocycles. The molecule has 1 amide bonds. The monoisotopic (exact) mass is 442 g/mol. The second kappa shape index (κ2) is 10.1. The van der Waals surface area contributed by atoms with Crippen LogP contribution in [0.25, 0.3) is 11.4 Å². The van der Waals surface area contributed by atoms with Crippen LogP contribution in [0.1, 0.15) is 29.7 Å². The molecule has 0 unspecified atom stereocenters. The SMILES string of the molecule is Cc1nc(-c2ccncc2)[nH]c(=O)c1CCC(=O)N1CCCN(c2ccc(C#N)cc2)CC1. The second-order valence-corrected chi connectivity index (χ2v) is 8.09. The van der Waals surface area contributed by atoms with E-state index in [-0.39, 0.29) is 17.9 Å². The summed E-state index contributed by atoms with van der Waals surface area (Å²) in [6, 6.07) is 13.3. The van der Waals surface area contributed by atoms with Crippen molar-refractivity contribution in [2.75, 3.05) is 31.1 Å². The molecule has 0 radical (unpaired) electrons. The fourth-order valence-corrected chi connectivity index (χ4v) is 4.11. The number of hydrogen-bond donors (Lipinski definition) is 1. The van der Waals surface area contributed by atoms with E-state index < -0.39 is 0 Å². The molecule has 1 saturated heterocycles. The molecule has 3 heterocycles. The number of carbonyl (C=O) groups excluding carboxylic acids is 1. The molecule has 4 rings (SSSR count). The van der Waals surface area contributed by atoms with Crippen LogP contribution >= 0.6 is 0 Å². The van der Waals surface area contributed by atoms with Crippen molar-refractivity contribution in [2.24, 2.45) is 0 Å². The number of carbonyl (C=O) groups is 1. The molecular formula is C25H26N6O2. The van der Waals surface area contributed by atoms with E-state index in [2.05, 4.69) is 25.9 Å². The van der Waals surface area contributed by atoms with Gasteiger partial charge in [-0.15, -0.1) is 0 Å². The van der Waals surface area contributed by atoms with Crippen LogP contribution < -0.4 is 10.5 Å². The molecule has 3 aromatic rings. The highest BCUT2D eigenvalue weighted by Gasteiger charge is 2.20. The smallest absolute Gasteiger partial charge is 0.254 e. The van der Waals surface area contributed by atoms with E-state index in [9.17, 15) is 9.59 Å². The van der Waals surface area contributed by atoms with Gasteiger partial charge < -0.3 is 14.8 Å². The number of H-pyrrole nitrogens is 1. The maximum Gasteiger partial charge on any atom is 0.254 e. The lowest BCUT2D eigenvalue weighted by atomic mass is 10.1. The highest BCUT2D eigenvalue weighted by molar-refractivity contribution is 5.76. The minimum Gasteiger partial charge on any atom is -0.370 e. The summed E-state index contributed by atoms with van der Waals surface area (Å²) in [6.45, 7) is 4.73. The zero-order valence-electron chi connectivity index (χ0n) is 18.6. The third-order valence-corrected chi connectivity index (χ3v) is 5.98. The lowest BCUT2D eigenvalue weighted by molar-refractivity contribution is -0.130. The molecule has 8 heteroatoms. The molecule has 1 fully saturated rings. The van der Waals surface area contributed by atoms with Crippen LogP contribution in [0, 0.1) is 18.3 Å². The van der Waals surface area contributed by atoms with E-state index in [1.807, 2.05) is 29.2 Å². The van der Waals surface area contributed by atoms with Crippen LogP contribution in [-0.2, 0) is 11.2 Å². The molecule has 168 valence electrons. The van der Waals surface area contributed by atoms with Gasteiger partial charge in [-0.3, -0.25) is 14.6 Å². The van der Waals surface area contributed by atoms with Gasteiger partial charge in [0, 0.05) is 67.5 Å². The summed E-state index contributed by atoms with van der Waals surface area (Å²) in [7, 11) is 0. The molecule has 0 aliphatic carbocycles. The maximum absolute atomic E-state index is 12.9. The van der Waals surface area contributed by atoms with Crippen LogP contribution in [0.5, 0.6) is 0 Å². The highest BCUT2D eigenvalue weighted by Crippen LogP contribution is 2.18. The van der Waals surface area contributed by atoms with E-state index in [4.69, 9.17) is 5.26 Å². The summed E-state index contributed by atoms with van der Waals surface area (Å²) < 4.78 is 0. The van der Waals surface area contributed by atoms with Gasteiger partial charge in [0.15, 0.2) is 0 Å². The molecule has 8 nitrogen and oxygen atoms in total. The third kappa shape index (κ3) is 5.26. The quantitative estimate of drug-likeness (QED) is 0.651. The first-order valence-corrected chi connectivity index (χ1v) is 11.1. The number of aromatic amines is 1. The first-order chi connectivity index (χ1) is 16.0. The van der Waals surface area contributed by atoms with Crippen molar-refractivity contribution in [3.05, 3.63) is 76.0 Å². The van der Waals surface area contributed by atoms with Crippen LogP contribution in [0.3, 0.4) is 0 Å². The highest BCUT2D eigenvalue weighted by atomic mass is 16.2. The van der Waals surface area contributed by atoms with Crippen molar-refractivity contribution in [3.8, 4) is 17.5 Å². The van der Waals surface area contributed by atoms with E-state index in [1.54, 1.807) is 31.5 Å². The van der Waals surface area contributed by atoms with Gasteiger partial charge in [-0.05, 0) is 56.2 Å². The lowest BCUT2D eigenvalue weighted by Gasteiger charge is -2.24. The van der Waals surface area contributed by atoms with Crippen molar-refractivity contribution in [2.45, 2.75) is 26.2 Å². The molecule has 2 aromatic heterocycles. The van der Waals surface area contributed by atoms with E-state index in [0.717, 1.165) is 30.8 Å². The number of anilines is 1. The Balaban J connectivity index is 1.37. The van der Waals surface area contributed by atoms with Gasteiger partial charge in [0.05, 0.1) is 11.6 Å². The van der Waals surface area contributed by atoms with E-state index in [1.165, 1.54) is 0 Å². The van der Waals surface area contributed by atoms with Gasteiger partial charge in [-0.25, -0.2) is 4.98 Å². The number of benzene rings is 1. The van der Waals surface area contributed by atoms with Crippen molar-refractivity contribution in [1.29, 1.82) is 5.26 Å². The predicted octanol–water partition coefficient (Wildman–Crippen LogP) is 2.68. The zero-order valence-corrected chi connectivity index (χ0v) is 18.6. The Hall–Kier alpha value is -3.99. The Morgan fingerprint density at radius 1 is 1.09 bits per heavy atom. The number of aromatic nitrogens is 3. The standard InChI is InChI=1S/C25H26N6O2/c1-18-22(25(33)29-24(28-18)20-9-11-27-12-10-20)7-8-23(32)31-14-2-13-30(15-16-31)21-5-3-19(17-26)4-6-21/h3-6,9-12H,2,7-8,13-16H2,1H3,(H,28,29,33). The van der Waals surface area contributed by atoms with Gasteiger partial charge in [0.1, 0.15) is 5.82 Å². The molecule has 1 N–H and O–H groups in total. The molecule has 0 saturated carbocycles. The number of pyridine rings is 1. The summed E-state index contributed by atoms with van der Waals surface area (Å²) in [5.74, 6) is 0.555. The second-order valence-electron chi connectivity index (χ2n) is 8.09. The van der Waals surface area contributed by atoms with Crippen molar-refractivity contribution in [1.82, 2.24) is 19.9 Å². The first-order valence-electron chi connectivity index (χ1n) is 11.1. The van der Waals surface area contributed by atoms with Crippen LogP contribution in [0.4, 0.5) is 5.69 Å². The van der Waals surface area contributed by atoms with Crippen LogP contribution in [0.2, 0.25) is 0 Å². The topological polar surface area (TPSA) is 106 Å². The largest absolute Gasteiger partial charge is 0.370 e. The molecule has 0 spiro atoms. The Labute approximate surface area is 192 Å². The maximum atomic E-state index is 12.9. The van der Waals surface area contributed by atoms with Crippen LogP contribution in [0.15, 0.2) is 53.6 Å². The van der Waals surface area contributed by atoms with Crippen molar-refractivity contribution in [3.63, 3.8) is 0 Å². The summed E-state index contributed by atoms with van der Waals surface area (Å²) >= 11 is 0. The average molecular weight is 443 g/mol. The number of nitriles is 1. The van der Waals surface area contributed by atoms with Gasteiger partial charge >= 0.3 is 0 Å². The van der Waals surface area contributed by atoms with Gasteiger partial charge in [-0.2, -0.15) is 5.26 Å². The minimum absolute atomic E-state index is 0.0497. The number of nitrogens with zero attached hydrogens (tertiary/aromatic N) is 5. The zero-order chi connectivity index (χ0) is 23.2.